The van der Waals surface area contributed by atoms with Gasteiger partial charge < -0.3 is 15.0 Å². The van der Waals surface area contributed by atoms with Gasteiger partial charge in [-0.1, -0.05) is 0 Å². The number of carbonyl (C=O) groups excluding carboxylic acids is 1. The Balaban J connectivity index is 0.00000162. The standard InChI is InChI=1S/C13H24N2O2.ClH/c1-10(2)17-8-6-13(16)15-7-5-11-3-4-12(9-15)14-11;/h10-12,14H,3-9H2,1-2H3;1H. The molecule has 2 saturated heterocycles. The lowest BCUT2D eigenvalue weighted by molar-refractivity contribution is -0.132. The number of hydrogen-bond donors (Lipinski definition) is 1. The van der Waals surface area contributed by atoms with Gasteiger partial charge in [-0.25, -0.2) is 0 Å². The number of nitrogens with zero attached hydrogens (tertiary/aromatic N) is 1. The van der Waals surface area contributed by atoms with Crippen molar-refractivity contribution in [2.75, 3.05) is 19.7 Å². The second-order valence-electron chi connectivity index (χ2n) is 5.44. The third-order valence-electron chi connectivity index (χ3n) is 3.64. The first-order valence-electron chi connectivity index (χ1n) is 6.80. The fourth-order valence-corrected chi connectivity index (χ4v) is 2.71. The summed E-state index contributed by atoms with van der Waals surface area (Å²) in [5.74, 6) is 0.250. The second-order valence-corrected chi connectivity index (χ2v) is 5.44. The highest BCUT2D eigenvalue weighted by molar-refractivity contribution is 5.85. The van der Waals surface area contributed by atoms with Crippen molar-refractivity contribution in [3.05, 3.63) is 0 Å². The van der Waals surface area contributed by atoms with E-state index in [1.165, 1.54) is 12.8 Å². The monoisotopic (exact) mass is 276 g/mol. The predicted octanol–water partition coefficient (Wildman–Crippen LogP) is 1.58. The molecule has 2 bridgehead atoms. The van der Waals surface area contributed by atoms with Gasteiger partial charge in [0, 0.05) is 25.2 Å². The van der Waals surface area contributed by atoms with Crippen LogP contribution in [-0.2, 0) is 9.53 Å². The Hall–Kier alpha value is -0.320. The number of nitrogens with one attached hydrogen (secondary N) is 1. The first kappa shape index (κ1) is 15.7. The van der Waals surface area contributed by atoms with Crippen molar-refractivity contribution in [3.63, 3.8) is 0 Å². The second kappa shape index (κ2) is 7.31. The van der Waals surface area contributed by atoms with E-state index in [-0.39, 0.29) is 24.4 Å². The van der Waals surface area contributed by atoms with Crippen molar-refractivity contribution < 1.29 is 9.53 Å². The highest BCUT2D eigenvalue weighted by Gasteiger charge is 2.30. The summed E-state index contributed by atoms with van der Waals surface area (Å²) in [4.78, 5) is 14.0. The van der Waals surface area contributed by atoms with Crippen molar-refractivity contribution in [2.45, 2.75) is 57.7 Å². The lowest BCUT2D eigenvalue weighted by Gasteiger charge is -2.24. The number of fused-ring (bicyclic) bond motifs is 2. The summed E-state index contributed by atoms with van der Waals surface area (Å²) in [7, 11) is 0. The zero-order valence-corrected chi connectivity index (χ0v) is 12.2. The van der Waals surface area contributed by atoms with E-state index in [0.717, 1.165) is 19.5 Å². The number of halogens is 1. The maximum Gasteiger partial charge on any atom is 0.224 e. The lowest BCUT2D eigenvalue weighted by atomic mass is 10.1. The van der Waals surface area contributed by atoms with Gasteiger partial charge in [0.15, 0.2) is 0 Å². The van der Waals surface area contributed by atoms with E-state index in [2.05, 4.69) is 5.32 Å². The zero-order valence-electron chi connectivity index (χ0n) is 11.4. The first-order chi connectivity index (χ1) is 8.15. The normalized spacial score (nSPS) is 26.9. The van der Waals surface area contributed by atoms with E-state index in [9.17, 15) is 4.79 Å². The molecular formula is C13H25ClN2O2. The van der Waals surface area contributed by atoms with Crippen LogP contribution in [0.15, 0.2) is 0 Å². The van der Waals surface area contributed by atoms with Gasteiger partial charge in [-0.2, -0.15) is 0 Å². The molecule has 2 atom stereocenters. The molecule has 0 radical (unpaired) electrons. The predicted molar refractivity (Wildman–Crippen MR) is 74.1 cm³/mol. The maximum atomic E-state index is 12.0. The summed E-state index contributed by atoms with van der Waals surface area (Å²) < 4.78 is 5.43. The molecule has 0 aromatic heterocycles. The van der Waals surface area contributed by atoms with E-state index in [1.807, 2.05) is 18.7 Å². The van der Waals surface area contributed by atoms with Gasteiger partial charge in [-0.05, 0) is 33.1 Å². The number of hydrogen-bond acceptors (Lipinski definition) is 3. The third kappa shape index (κ3) is 4.41. The average molecular weight is 277 g/mol. The van der Waals surface area contributed by atoms with Crippen molar-refractivity contribution in [2.24, 2.45) is 0 Å². The smallest absolute Gasteiger partial charge is 0.224 e. The molecule has 0 aromatic carbocycles. The van der Waals surface area contributed by atoms with Crippen LogP contribution in [0.3, 0.4) is 0 Å². The highest BCUT2D eigenvalue weighted by Crippen LogP contribution is 2.20. The molecule has 2 rings (SSSR count). The summed E-state index contributed by atoms with van der Waals surface area (Å²) in [5, 5.41) is 3.59. The van der Waals surface area contributed by atoms with Crippen LogP contribution in [0.4, 0.5) is 0 Å². The molecule has 2 heterocycles. The maximum absolute atomic E-state index is 12.0. The van der Waals surface area contributed by atoms with Crippen LogP contribution >= 0.6 is 12.4 Å². The minimum Gasteiger partial charge on any atom is -0.378 e. The highest BCUT2D eigenvalue weighted by atomic mass is 35.5. The molecule has 2 unspecified atom stereocenters. The Labute approximate surface area is 116 Å². The number of ether oxygens (including phenoxy) is 1. The minimum absolute atomic E-state index is 0. The Kier molecular flexibility index (Phi) is 6.39. The molecule has 5 heteroatoms. The van der Waals surface area contributed by atoms with Gasteiger partial charge in [0.05, 0.1) is 19.1 Å². The van der Waals surface area contributed by atoms with Crippen LogP contribution in [0, 0.1) is 0 Å². The van der Waals surface area contributed by atoms with Gasteiger partial charge >= 0.3 is 0 Å². The summed E-state index contributed by atoms with van der Waals surface area (Å²) in [6, 6.07) is 1.17. The van der Waals surface area contributed by atoms with Gasteiger partial charge in [-0.3, -0.25) is 4.79 Å². The Bertz CT molecular complexity index is 274. The quantitative estimate of drug-likeness (QED) is 0.848. The topological polar surface area (TPSA) is 41.6 Å². The van der Waals surface area contributed by atoms with Crippen LogP contribution in [-0.4, -0.2) is 48.7 Å². The van der Waals surface area contributed by atoms with Gasteiger partial charge in [0.1, 0.15) is 0 Å². The first-order valence-corrected chi connectivity index (χ1v) is 6.80. The largest absolute Gasteiger partial charge is 0.378 e. The molecule has 1 amide bonds. The molecule has 0 spiro atoms. The molecule has 106 valence electrons. The van der Waals surface area contributed by atoms with Crippen molar-refractivity contribution >= 4 is 18.3 Å². The van der Waals surface area contributed by atoms with Crippen molar-refractivity contribution in [3.8, 4) is 0 Å². The summed E-state index contributed by atoms with van der Waals surface area (Å²) >= 11 is 0. The number of likely N-dealkylation sites (tertiary alicyclic amines) is 1. The molecular weight excluding hydrogens is 252 g/mol. The van der Waals surface area contributed by atoms with Gasteiger partial charge in [0.25, 0.3) is 0 Å². The zero-order chi connectivity index (χ0) is 12.3. The van der Waals surface area contributed by atoms with E-state index < -0.39 is 0 Å². The van der Waals surface area contributed by atoms with Crippen molar-refractivity contribution in [1.29, 1.82) is 0 Å². The van der Waals surface area contributed by atoms with E-state index in [1.54, 1.807) is 0 Å². The van der Waals surface area contributed by atoms with Crippen LogP contribution in [0.2, 0.25) is 0 Å². The Morgan fingerprint density at radius 3 is 2.78 bits per heavy atom. The Morgan fingerprint density at radius 2 is 2.06 bits per heavy atom. The molecule has 2 aliphatic heterocycles. The van der Waals surface area contributed by atoms with Gasteiger partial charge in [0.2, 0.25) is 5.91 Å². The molecule has 4 nitrogen and oxygen atoms in total. The van der Waals surface area contributed by atoms with Crippen LogP contribution in [0.25, 0.3) is 0 Å². The molecule has 0 saturated carbocycles. The van der Waals surface area contributed by atoms with Gasteiger partial charge in [-0.15, -0.1) is 12.4 Å². The molecule has 1 N–H and O–H groups in total. The lowest BCUT2D eigenvalue weighted by Crippen LogP contribution is -2.39. The summed E-state index contributed by atoms with van der Waals surface area (Å²) in [5.41, 5.74) is 0. The molecule has 2 fully saturated rings. The third-order valence-corrected chi connectivity index (χ3v) is 3.64. The number of carbonyl (C=O) groups is 1. The number of rotatable bonds is 4. The SMILES string of the molecule is CC(C)OCCC(=O)N1CCC2CCC(C1)N2.Cl. The van der Waals surface area contributed by atoms with E-state index in [4.69, 9.17) is 4.74 Å². The van der Waals surface area contributed by atoms with Crippen molar-refractivity contribution in [1.82, 2.24) is 10.2 Å². The molecule has 18 heavy (non-hydrogen) atoms. The van der Waals surface area contributed by atoms with E-state index >= 15 is 0 Å². The summed E-state index contributed by atoms with van der Waals surface area (Å²) in [6.07, 6.45) is 4.34. The van der Waals surface area contributed by atoms with Crippen LogP contribution < -0.4 is 5.32 Å². The fraction of sp³-hybridized carbons (Fsp3) is 0.923. The molecule has 0 aromatic rings. The number of amides is 1. The Morgan fingerprint density at radius 1 is 1.33 bits per heavy atom. The van der Waals surface area contributed by atoms with Crippen LogP contribution in [0.5, 0.6) is 0 Å². The molecule has 0 aliphatic carbocycles. The molecule has 2 aliphatic rings. The average Bonchev–Trinajstić information content (AvgIpc) is 2.57. The fourth-order valence-electron chi connectivity index (χ4n) is 2.71. The minimum atomic E-state index is 0. The summed E-state index contributed by atoms with van der Waals surface area (Å²) in [6.45, 7) is 6.35. The van der Waals surface area contributed by atoms with Crippen LogP contribution in [0.1, 0.15) is 39.5 Å². The van der Waals surface area contributed by atoms with E-state index in [0.29, 0.717) is 25.1 Å².